The molecule has 1 aromatic heterocycles. The fourth-order valence-electron chi connectivity index (χ4n) is 5.73. The maximum Gasteiger partial charge on any atom is 0.322 e. The zero-order chi connectivity index (χ0) is 21.8. The molecule has 0 radical (unpaired) electrons. The summed E-state index contributed by atoms with van der Waals surface area (Å²) in [6, 6.07) is 8.95. The van der Waals surface area contributed by atoms with Crippen molar-refractivity contribution in [3.8, 4) is 0 Å². The predicted octanol–water partition coefficient (Wildman–Crippen LogP) is 1.95. The number of piperidine rings is 1. The highest BCUT2D eigenvalue weighted by Crippen LogP contribution is 2.44. The van der Waals surface area contributed by atoms with Crippen molar-refractivity contribution in [3.05, 3.63) is 36.1 Å². The normalized spacial score (nSPS) is 32.0. The number of nitrogens with two attached hydrogens (primary N) is 1. The summed E-state index contributed by atoms with van der Waals surface area (Å²) in [5.41, 5.74) is -0.143. The first-order chi connectivity index (χ1) is 14.8. The second kappa shape index (κ2) is 7.32. The highest BCUT2D eigenvalue weighted by molar-refractivity contribution is 7.86. The average molecular weight is 447 g/mol. The summed E-state index contributed by atoms with van der Waals surface area (Å²) in [6.07, 6.45) is 3.73. The molecule has 1 aliphatic carbocycles. The Labute approximate surface area is 180 Å². The summed E-state index contributed by atoms with van der Waals surface area (Å²) in [4.78, 5) is 24.4. The van der Waals surface area contributed by atoms with Crippen molar-refractivity contribution in [2.75, 3.05) is 6.54 Å². The smallest absolute Gasteiger partial charge is 0.322 e. The molecule has 2 saturated heterocycles. The van der Waals surface area contributed by atoms with Crippen LogP contribution in [0.5, 0.6) is 0 Å². The zero-order valence-electron chi connectivity index (χ0n) is 17.0. The van der Waals surface area contributed by atoms with Crippen molar-refractivity contribution in [2.24, 2.45) is 11.1 Å². The monoisotopic (exact) mass is 446 g/mol. The van der Waals surface area contributed by atoms with Crippen molar-refractivity contribution in [1.29, 1.82) is 0 Å². The molecule has 9 nitrogen and oxygen atoms in total. The molecule has 0 bridgehead atoms. The van der Waals surface area contributed by atoms with Crippen LogP contribution in [-0.2, 0) is 15.0 Å². The van der Waals surface area contributed by atoms with Crippen LogP contribution in [0, 0.1) is 5.92 Å². The molecule has 4 unspecified atom stereocenters. The number of nitrogens with zero attached hydrogens (tertiary/aromatic N) is 1. The van der Waals surface area contributed by atoms with Gasteiger partial charge < -0.3 is 9.73 Å². The van der Waals surface area contributed by atoms with Gasteiger partial charge in [0.05, 0.1) is 0 Å². The standard InChI is InChI=1S/C21H26N4O5S/c22-31(28,29)25-9-7-14(18-11-13-4-1-2-6-17(13)30-18)10-16(25)12-15-5-3-8-21(15)19(26)23-20(27)24-21/h1-2,4,6,11,14-16H,3,5,7-10,12H2,(H2,22,28,29)(H2,23,24,26,27). The molecule has 2 aromatic rings. The lowest BCUT2D eigenvalue weighted by atomic mass is 9.79. The fourth-order valence-corrected chi connectivity index (χ4v) is 6.68. The molecule has 10 heteroatoms. The van der Waals surface area contributed by atoms with E-state index in [1.807, 2.05) is 30.3 Å². The molecule has 3 heterocycles. The summed E-state index contributed by atoms with van der Waals surface area (Å²) in [6.45, 7) is 0.295. The maximum absolute atomic E-state index is 12.6. The van der Waals surface area contributed by atoms with Gasteiger partial charge in [0.15, 0.2) is 0 Å². The Morgan fingerprint density at radius 2 is 2.03 bits per heavy atom. The van der Waals surface area contributed by atoms with E-state index in [-0.39, 0.29) is 23.8 Å². The molecule has 3 fully saturated rings. The van der Waals surface area contributed by atoms with E-state index in [1.165, 1.54) is 4.31 Å². The van der Waals surface area contributed by atoms with Crippen LogP contribution in [0.4, 0.5) is 4.79 Å². The van der Waals surface area contributed by atoms with E-state index in [0.717, 1.165) is 29.6 Å². The van der Waals surface area contributed by atoms with Crippen LogP contribution in [0.25, 0.3) is 11.0 Å². The number of furan rings is 1. The number of rotatable bonds is 4. The summed E-state index contributed by atoms with van der Waals surface area (Å²) in [7, 11) is -3.89. The van der Waals surface area contributed by atoms with Gasteiger partial charge in [0.25, 0.3) is 16.1 Å². The lowest BCUT2D eigenvalue weighted by Gasteiger charge is -2.40. The fraction of sp³-hybridized carbons (Fsp3) is 0.524. The highest BCUT2D eigenvalue weighted by Gasteiger charge is 2.55. The number of nitrogens with one attached hydrogen (secondary N) is 2. The first-order valence-electron chi connectivity index (χ1n) is 10.7. The average Bonchev–Trinajstić information content (AvgIpc) is 3.39. The summed E-state index contributed by atoms with van der Waals surface area (Å²) < 4.78 is 32.0. The molecule has 3 aliphatic rings. The minimum atomic E-state index is -3.89. The Hall–Kier alpha value is -2.43. The number of imide groups is 1. The van der Waals surface area contributed by atoms with Gasteiger partial charge in [-0.25, -0.2) is 9.93 Å². The van der Waals surface area contributed by atoms with Crippen LogP contribution < -0.4 is 15.8 Å². The number of fused-ring (bicyclic) bond motifs is 1. The number of para-hydroxylation sites is 1. The van der Waals surface area contributed by atoms with Crippen LogP contribution in [0.1, 0.15) is 50.2 Å². The van der Waals surface area contributed by atoms with Crippen molar-refractivity contribution in [2.45, 2.75) is 56.0 Å². The molecule has 166 valence electrons. The van der Waals surface area contributed by atoms with E-state index in [0.29, 0.717) is 32.2 Å². The van der Waals surface area contributed by atoms with Crippen molar-refractivity contribution >= 4 is 33.1 Å². The van der Waals surface area contributed by atoms with E-state index in [9.17, 15) is 18.0 Å². The number of benzene rings is 1. The van der Waals surface area contributed by atoms with E-state index in [4.69, 9.17) is 9.56 Å². The molecule has 1 spiro atoms. The summed E-state index contributed by atoms with van der Waals surface area (Å²) in [5.74, 6) is 0.433. The minimum absolute atomic E-state index is 0.0553. The largest absolute Gasteiger partial charge is 0.461 e. The minimum Gasteiger partial charge on any atom is -0.461 e. The Morgan fingerprint density at radius 1 is 1.23 bits per heavy atom. The lowest BCUT2D eigenvalue weighted by molar-refractivity contribution is -0.125. The first kappa shape index (κ1) is 20.5. The van der Waals surface area contributed by atoms with Crippen molar-refractivity contribution in [3.63, 3.8) is 0 Å². The highest BCUT2D eigenvalue weighted by atomic mass is 32.2. The molecule has 3 amide bonds. The molecule has 1 aromatic carbocycles. The van der Waals surface area contributed by atoms with Gasteiger partial charge in [-0.15, -0.1) is 0 Å². The molecule has 4 atom stereocenters. The Morgan fingerprint density at radius 3 is 2.74 bits per heavy atom. The molecule has 1 saturated carbocycles. The SMILES string of the molecule is NS(=O)(=O)N1CCC(c2cc3ccccc3o2)CC1CC1CCCC12NC(=O)NC2=O. The number of amides is 3. The van der Waals surface area contributed by atoms with Gasteiger partial charge in [0.1, 0.15) is 16.9 Å². The molecular formula is C21H26N4O5S. The van der Waals surface area contributed by atoms with E-state index >= 15 is 0 Å². The number of urea groups is 1. The van der Waals surface area contributed by atoms with Gasteiger partial charge in [-0.2, -0.15) is 12.7 Å². The molecule has 31 heavy (non-hydrogen) atoms. The lowest BCUT2D eigenvalue weighted by Crippen LogP contribution is -2.54. The third kappa shape index (κ3) is 3.52. The molecule has 5 rings (SSSR count). The van der Waals surface area contributed by atoms with E-state index < -0.39 is 21.8 Å². The Bertz CT molecular complexity index is 1110. The second-order valence-electron chi connectivity index (χ2n) is 8.92. The zero-order valence-corrected chi connectivity index (χ0v) is 17.9. The molecule has 2 aliphatic heterocycles. The topological polar surface area (TPSA) is 135 Å². The summed E-state index contributed by atoms with van der Waals surface area (Å²) >= 11 is 0. The number of hydrogen-bond acceptors (Lipinski definition) is 5. The van der Waals surface area contributed by atoms with Crippen molar-refractivity contribution < 1.29 is 22.4 Å². The molecular weight excluding hydrogens is 420 g/mol. The Balaban J connectivity index is 1.42. The van der Waals surface area contributed by atoms with Crippen LogP contribution in [0.3, 0.4) is 0 Å². The van der Waals surface area contributed by atoms with Crippen LogP contribution >= 0.6 is 0 Å². The number of carbonyl (C=O) groups excluding carboxylic acids is 2. The van der Waals surface area contributed by atoms with Crippen LogP contribution in [-0.4, -0.2) is 42.8 Å². The van der Waals surface area contributed by atoms with Gasteiger partial charge >= 0.3 is 6.03 Å². The predicted molar refractivity (Wildman–Crippen MR) is 113 cm³/mol. The van der Waals surface area contributed by atoms with Crippen molar-refractivity contribution in [1.82, 2.24) is 14.9 Å². The van der Waals surface area contributed by atoms with Gasteiger partial charge in [-0.05, 0) is 50.2 Å². The first-order valence-corrected chi connectivity index (χ1v) is 12.2. The van der Waals surface area contributed by atoms with Crippen LogP contribution in [0.2, 0.25) is 0 Å². The van der Waals surface area contributed by atoms with Gasteiger partial charge in [0, 0.05) is 23.9 Å². The van der Waals surface area contributed by atoms with Gasteiger partial charge in [-0.3, -0.25) is 10.1 Å². The van der Waals surface area contributed by atoms with E-state index in [1.54, 1.807) is 0 Å². The third-order valence-corrected chi connectivity index (χ3v) is 8.32. The quantitative estimate of drug-likeness (QED) is 0.617. The Kier molecular flexibility index (Phi) is 4.83. The van der Waals surface area contributed by atoms with Crippen LogP contribution in [0.15, 0.2) is 34.7 Å². The van der Waals surface area contributed by atoms with Gasteiger partial charge in [0.2, 0.25) is 0 Å². The number of hydrogen-bond donors (Lipinski definition) is 3. The maximum atomic E-state index is 12.6. The second-order valence-corrected chi connectivity index (χ2v) is 10.4. The van der Waals surface area contributed by atoms with E-state index in [2.05, 4.69) is 10.6 Å². The summed E-state index contributed by atoms with van der Waals surface area (Å²) in [5, 5.41) is 11.7. The third-order valence-electron chi connectivity index (χ3n) is 7.18. The molecule has 4 N–H and O–H groups in total. The number of carbonyl (C=O) groups is 2. The van der Waals surface area contributed by atoms with Gasteiger partial charge in [-0.1, -0.05) is 24.6 Å².